The van der Waals surface area contributed by atoms with E-state index in [9.17, 15) is 8.42 Å². The van der Waals surface area contributed by atoms with Crippen LogP contribution in [0.25, 0.3) is 0 Å². The minimum atomic E-state index is -3.39. The maximum Gasteiger partial charge on any atom is 0.246 e. The molecule has 1 aliphatic rings. The van der Waals surface area contributed by atoms with Crippen LogP contribution >= 0.6 is 11.6 Å². The molecule has 1 fully saturated rings. The summed E-state index contributed by atoms with van der Waals surface area (Å²) in [5.74, 6) is 0.548. The Morgan fingerprint density at radius 1 is 1.26 bits per heavy atom. The van der Waals surface area contributed by atoms with E-state index in [1.807, 2.05) is 6.92 Å². The van der Waals surface area contributed by atoms with Gasteiger partial charge in [0.05, 0.1) is 11.4 Å². The molecule has 1 saturated heterocycles. The monoisotopic (exact) mass is 305 g/mol. The van der Waals surface area contributed by atoms with Crippen molar-refractivity contribution in [3.63, 3.8) is 0 Å². The molecule has 0 radical (unpaired) electrons. The predicted molar refractivity (Wildman–Crippen MR) is 75.0 cm³/mol. The molecule has 19 heavy (non-hydrogen) atoms. The highest BCUT2D eigenvalue weighted by Crippen LogP contribution is 2.26. The van der Waals surface area contributed by atoms with E-state index < -0.39 is 10.0 Å². The van der Waals surface area contributed by atoms with E-state index in [4.69, 9.17) is 11.6 Å². The summed E-state index contributed by atoms with van der Waals surface area (Å²) in [4.78, 5) is 0.379. The van der Waals surface area contributed by atoms with Gasteiger partial charge in [-0.1, -0.05) is 0 Å². The number of sulfonamides is 1. The summed E-state index contributed by atoms with van der Waals surface area (Å²) in [7, 11) is -3.39. The Hall–Kier alpha value is -0.590. The standard InChI is InChI=1S/C12H20ClN3O2S/c1-10-12(11(2)16(14-10)9-5-6-13)19(17,18)15-7-3-4-8-15/h3-9H2,1-2H3. The van der Waals surface area contributed by atoms with Crippen LogP contribution in [0, 0.1) is 13.8 Å². The van der Waals surface area contributed by atoms with E-state index in [2.05, 4.69) is 5.10 Å². The van der Waals surface area contributed by atoms with Crippen LogP contribution in [0.15, 0.2) is 4.90 Å². The SMILES string of the molecule is Cc1nn(CCCCl)c(C)c1S(=O)(=O)N1CCCC1. The highest BCUT2D eigenvalue weighted by molar-refractivity contribution is 7.89. The lowest BCUT2D eigenvalue weighted by Crippen LogP contribution is -2.28. The van der Waals surface area contributed by atoms with Gasteiger partial charge in [0.2, 0.25) is 10.0 Å². The molecule has 1 aromatic heterocycles. The van der Waals surface area contributed by atoms with Crippen LogP contribution in [0.3, 0.4) is 0 Å². The summed E-state index contributed by atoms with van der Waals surface area (Å²) in [6.07, 6.45) is 2.67. The van der Waals surface area contributed by atoms with Crippen molar-refractivity contribution in [1.82, 2.24) is 14.1 Å². The molecule has 0 atom stereocenters. The third-order valence-electron chi connectivity index (χ3n) is 3.48. The molecular weight excluding hydrogens is 286 g/mol. The normalized spacial score (nSPS) is 17.2. The van der Waals surface area contributed by atoms with Gasteiger partial charge in [-0.25, -0.2) is 8.42 Å². The van der Waals surface area contributed by atoms with E-state index >= 15 is 0 Å². The first kappa shape index (κ1) is 14.8. The maximum atomic E-state index is 12.6. The largest absolute Gasteiger partial charge is 0.268 e. The zero-order valence-corrected chi connectivity index (χ0v) is 13.0. The Morgan fingerprint density at radius 2 is 1.89 bits per heavy atom. The number of halogens is 1. The minimum absolute atomic E-state index is 0.379. The highest BCUT2D eigenvalue weighted by atomic mass is 35.5. The van der Waals surface area contributed by atoms with Crippen LogP contribution in [0.2, 0.25) is 0 Å². The predicted octanol–water partition coefficient (Wildman–Crippen LogP) is 1.91. The summed E-state index contributed by atoms with van der Waals surface area (Å²) < 4.78 is 28.5. The van der Waals surface area contributed by atoms with E-state index in [0.29, 0.717) is 36.1 Å². The van der Waals surface area contributed by atoms with Gasteiger partial charge in [-0.15, -0.1) is 11.6 Å². The second kappa shape index (κ2) is 5.81. The molecule has 0 aromatic carbocycles. The second-order valence-electron chi connectivity index (χ2n) is 4.88. The van der Waals surface area contributed by atoms with Gasteiger partial charge in [-0.3, -0.25) is 4.68 Å². The number of hydrogen-bond acceptors (Lipinski definition) is 3. The van der Waals surface area contributed by atoms with Crippen molar-refractivity contribution in [3.05, 3.63) is 11.4 Å². The number of nitrogens with zero attached hydrogens (tertiary/aromatic N) is 3. The Bertz CT molecular complexity index is 548. The number of rotatable bonds is 5. The van der Waals surface area contributed by atoms with Crippen molar-refractivity contribution in [2.24, 2.45) is 0 Å². The van der Waals surface area contributed by atoms with Gasteiger partial charge in [0.1, 0.15) is 4.90 Å². The number of aromatic nitrogens is 2. The van der Waals surface area contributed by atoms with Crippen molar-refractivity contribution in [3.8, 4) is 0 Å². The number of hydrogen-bond donors (Lipinski definition) is 0. The lowest BCUT2D eigenvalue weighted by Gasteiger charge is -2.15. The smallest absolute Gasteiger partial charge is 0.246 e. The quantitative estimate of drug-likeness (QED) is 0.781. The van der Waals surface area contributed by atoms with Crippen LogP contribution in [0.4, 0.5) is 0 Å². The number of aryl methyl sites for hydroxylation is 2. The first-order valence-corrected chi connectivity index (χ1v) is 8.56. The van der Waals surface area contributed by atoms with Crippen LogP contribution in [0.5, 0.6) is 0 Å². The van der Waals surface area contributed by atoms with Crippen LogP contribution < -0.4 is 0 Å². The molecule has 0 bridgehead atoms. The zero-order valence-electron chi connectivity index (χ0n) is 11.4. The average molecular weight is 306 g/mol. The Morgan fingerprint density at radius 3 is 2.47 bits per heavy atom. The fraction of sp³-hybridized carbons (Fsp3) is 0.750. The summed E-state index contributed by atoms with van der Waals surface area (Å²) in [5, 5.41) is 4.34. The first-order valence-electron chi connectivity index (χ1n) is 6.58. The number of alkyl halides is 1. The van der Waals surface area contributed by atoms with Crippen molar-refractivity contribution >= 4 is 21.6 Å². The molecule has 0 spiro atoms. The van der Waals surface area contributed by atoms with Gasteiger partial charge in [-0.2, -0.15) is 9.40 Å². The van der Waals surface area contributed by atoms with Gasteiger partial charge >= 0.3 is 0 Å². The van der Waals surface area contributed by atoms with E-state index in [-0.39, 0.29) is 0 Å². The summed E-state index contributed by atoms with van der Waals surface area (Å²) >= 11 is 5.68. The van der Waals surface area contributed by atoms with E-state index in [0.717, 1.165) is 25.0 Å². The van der Waals surface area contributed by atoms with Gasteiger partial charge in [0.25, 0.3) is 0 Å². The molecule has 7 heteroatoms. The topological polar surface area (TPSA) is 55.2 Å². The third-order valence-corrected chi connectivity index (χ3v) is 5.90. The molecule has 5 nitrogen and oxygen atoms in total. The minimum Gasteiger partial charge on any atom is -0.268 e. The van der Waals surface area contributed by atoms with Gasteiger partial charge in [-0.05, 0) is 33.1 Å². The summed E-state index contributed by atoms with van der Waals surface area (Å²) in [5.41, 5.74) is 1.30. The van der Waals surface area contributed by atoms with Crippen LogP contribution in [-0.2, 0) is 16.6 Å². The molecule has 2 rings (SSSR count). The zero-order chi connectivity index (χ0) is 14.0. The molecule has 0 N–H and O–H groups in total. The lowest BCUT2D eigenvalue weighted by atomic mass is 10.4. The second-order valence-corrected chi connectivity index (χ2v) is 7.13. The third kappa shape index (κ3) is 2.80. The fourth-order valence-corrected chi connectivity index (χ4v) is 4.55. The molecule has 0 aliphatic carbocycles. The van der Waals surface area contributed by atoms with Crippen molar-refractivity contribution < 1.29 is 8.42 Å². The van der Waals surface area contributed by atoms with E-state index in [1.165, 1.54) is 0 Å². The first-order chi connectivity index (χ1) is 8.98. The molecular formula is C12H20ClN3O2S. The van der Waals surface area contributed by atoms with E-state index in [1.54, 1.807) is 15.9 Å². The van der Waals surface area contributed by atoms with Crippen LogP contribution in [-0.4, -0.2) is 41.5 Å². The summed E-state index contributed by atoms with van der Waals surface area (Å²) in [6.45, 7) is 5.47. The molecule has 0 amide bonds. The molecule has 0 unspecified atom stereocenters. The maximum absolute atomic E-state index is 12.6. The Labute approximate surface area is 119 Å². The molecule has 0 saturated carbocycles. The average Bonchev–Trinajstić information content (AvgIpc) is 2.95. The lowest BCUT2D eigenvalue weighted by molar-refractivity contribution is 0.476. The Kier molecular flexibility index (Phi) is 4.53. The van der Waals surface area contributed by atoms with Crippen molar-refractivity contribution in [2.75, 3.05) is 19.0 Å². The van der Waals surface area contributed by atoms with Gasteiger partial charge in [0.15, 0.2) is 0 Å². The molecule has 2 heterocycles. The van der Waals surface area contributed by atoms with Crippen LogP contribution in [0.1, 0.15) is 30.7 Å². The molecule has 1 aromatic rings. The van der Waals surface area contributed by atoms with Gasteiger partial charge < -0.3 is 0 Å². The summed E-state index contributed by atoms with van der Waals surface area (Å²) in [6, 6.07) is 0. The highest BCUT2D eigenvalue weighted by Gasteiger charge is 2.32. The fourth-order valence-electron chi connectivity index (χ4n) is 2.54. The van der Waals surface area contributed by atoms with Crippen molar-refractivity contribution in [2.45, 2.75) is 44.6 Å². The van der Waals surface area contributed by atoms with Crippen molar-refractivity contribution in [1.29, 1.82) is 0 Å². The van der Waals surface area contributed by atoms with Gasteiger partial charge in [0, 0.05) is 25.5 Å². The molecule has 108 valence electrons. The Balaban J connectivity index is 2.36. The molecule has 1 aliphatic heterocycles.